The fourth-order valence-corrected chi connectivity index (χ4v) is 2.76. The maximum absolute atomic E-state index is 11.4. The van der Waals surface area contributed by atoms with Gasteiger partial charge in [-0.15, -0.1) is 10.2 Å². The van der Waals surface area contributed by atoms with Crippen LogP contribution in [0.2, 0.25) is 0 Å². The summed E-state index contributed by atoms with van der Waals surface area (Å²) in [6, 6.07) is 0. The first-order valence-electron chi connectivity index (χ1n) is 5.63. The van der Waals surface area contributed by atoms with Crippen molar-refractivity contribution in [3.05, 3.63) is 24.3 Å². The zero-order valence-corrected chi connectivity index (χ0v) is 11.5. The molecule has 0 spiro atoms. The Balaban J connectivity index is 2.22. The Morgan fingerprint density at radius 1 is 1.35 bits per heavy atom. The number of aromatic nitrogens is 6. The minimum Gasteiger partial charge on any atom is -0.478 e. The van der Waals surface area contributed by atoms with Gasteiger partial charge in [-0.25, -0.2) is 9.78 Å². The number of carboxylic acid groups (broad SMARTS) is 1. The lowest BCUT2D eigenvalue weighted by Crippen LogP contribution is -2.02. The minimum absolute atomic E-state index is 0.124. The van der Waals surface area contributed by atoms with E-state index in [9.17, 15) is 9.90 Å². The van der Waals surface area contributed by atoms with Crippen LogP contribution in [0.5, 0.6) is 0 Å². The predicted octanol–water partition coefficient (Wildman–Crippen LogP) is 0.946. The molecule has 0 saturated carbocycles. The van der Waals surface area contributed by atoms with Crippen LogP contribution in [0.15, 0.2) is 28.8 Å². The molecule has 0 aliphatic rings. The first-order chi connectivity index (χ1) is 9.58. The van der Waals surface area contributed by atoms with E-state index in [0.717, 1.165) is 0 Å². The lowest BCUT2D eigenvalue weighted by Gasteiger charge is -2.06. The molecule has 0 fully saturated rings. The van der Waals surface area contributed by atoms with E-state index >= 15 is 0 Å². The number of hydrogen-bond acceptors (Lipinski definition) is 6. The van der Waals surface area contributed by atoms with E-state index < -0.39 is 5.97 Å². The summed E-state index contributed by atoms with van der Waals surface area (Å²) in [6.45, 7) is 0. The summed E-state index contributed by atoms with van der Waals surface area (Å²) in [5.74, 6) is -1.03. The van der Waals surface area contributed by atoms with Crippen LogP contribution in [-0.2, 0) is 14.1 Å². The van der Waals surface area contributed by atoms with E-state index in [0.29, 0.717) is 21.1 Å². The van der Waals surface area contributed by atoms with Gasteiger partial charge in [-0.3, -0.25) is 4.68 Å². The number of fused-ring (bicyclic) bond motifs is 1. The molecular weight excluding hydrogens is 280 g/mol. The van der Waals surface area contributed by atoms with Gasteiger partial charge in [0.2, 0.25) is 0 Å². The first kappa shape index (κ1) is 12.6. The number of hydrogen-bond donors (Lipinski definition) is 1. The molecule has 20 heavy (non-hydrogen) atoms. The summed E-state index contributed by atoms with van der Waals surface area (Å²) in [6.07, 6.45) is 4.50. The Morgan fingerprint density at radius 3 is 2.80 bits per heavy atom. The number of carbonyl (C=O) groups is 1. The molecule has 0 bridgehead atoms. The third-order valence-electron chi connectivity index (χ3n) is 2.81. The third-order valence-corrected chi connectivity index (χ3v) is 4.00. The van der Waals surface area contributed by atoms with Crippen molar-refractivity contribution in [3.63, 3.8) is 0 Å². The summed E-state index contributed by atoms with van der Waals surface area (Å²) >= 11 is 1.23. The van der Waals surface area contributed by atoms with Crippen molar-refractivity contribution in [3.8, 4) is 0 Å². The number of rotatable bonds is 3. The average molecular weight is 290 g/mol. The van der Waals surface area contributed by atoms with Gasteiger partial charge < -0.3 is 9.67 Å². The van der Waals surface area contributed by atoms with Crippen molar-refractivity contribution in [2.45, 2.75) is 10.1 Å². The largest absolute Gasteiger partial charge is 0.478 e. The van der Waals surface area contributed by atoms with Crippen LogP contribution in [-0.4, -0.2) is 40.6 Å². The Labute approximate surface area is 117 Å². The highest BCUT2D eigenvalue weighted by Gasteiger charge is 2.19. The molecular formula is C11H10N6O2S. The lowest BCUT2D eigenvalue weighted by atomic mass is 10.2. The van der Waals surface area contributed by atoms with Gasteiger partial charge in [-0.05, 0) is 11.8 Å². The number of aryl methyl sites for hydroxylation is 2. The first-order valence-corrected chi connectivity index (χ1v) is 6.45. The summed E-state index contributed by atoms with van der Waals surface area (Å²) < 4.78 is 3.32. The summed E-state index contributed by atoms with van der Waals surface area (Å²) in [4.78, 5) is 16.1. The van der Waals surface area contributed by atoms with Gasteiger partial charge in [0.05, 0.1) is 17.1 Å². The molecule has 0 aromatic carbocycles. The SMILES string of the molecule is Cn1cnnc1Sc1c(C(=O)O)cnc2c1cnn2C. The van der Waals surface area contributed by atoms with Gasteiger partial charge in [0, 0.05) is 25.2 Å². The smallest absolute Gasteiger partial charge is 0.338 e. The number of nitrogens with zero attached hydrogens (tertiary/aromatic N) is 6. The van der Waals surface area contributed by atoms with Gasteiger partial charge >= 0.3 is 5.97 Å². The number of pyridine rings is 1. The maximum atomic E-state index is 11.4. The maximum Gasteiger partial charge on any atom is 0.338 e. The quantitative estimate of drug-likeness (QED) is 0.766. The molecule has 3 aromatic rings. The van der Waals surface area contributed by atoms with Crippen molar-refractivity contribution in [2.24, 2.45) is 14.1 Å². The zero-order chi connectivity index (χ0) is 14.3. The second kappa shape index (κ2) is 4.60. The molecule has 0 aliphatic heterocycles. The molecule has 0 radical (unpaired) electrons. The number of aromatic carboxylic acids is 1. The van der Waals surface area contributed by atoms with Crippen LogP contribution >= 0.6 is 11.8 Å². The summed E-state index contributed by atoms with van der Waals surface area (Å²) in [5, 5.41) is 22.4. The third kappa shape index (κ3) is 1.92. The average Bonchev–Trinajstić information content (AvgIpc) is 2.97. The van der Waals surface area contributed by atoms with Crippen LogP contribution in [0.1, 0.15) is 10.4 Å². The van der Waals surface area contributed by atoms with E-state index in [1.807, 2.05) is 0 Å². The highest BCUT2D eigenvalue weighted by atomic mass is 32.2. The molecule has 9 heteroatoms. The van der Waals surface area contributed by atoms with Gasteiger partial charge in [-0.1, -0.05) is 0 Å². The predicted molar refractivity (Wildman–Crippen MR) is 70.6 cm³/mol. The zero-order valence-electron chi connectivity index (χ0n) is 10.7. The molecule has 8 nitrogen and oxygen atoms in total. The van der Waals surface area contributed by atoms with Crippen LogP contribution in [0, 0.1) is 0 Å². The summed E-state index contributed by atoms with van der Waals surface area (Å²) in [5.41, 5.74) is 0.748. The molecule has 0 unspecified atom stereocenters. The Hall–Kier alpha value is -2.42. The number of carboxylic acids is 1. The minimum atomic E-state index is -1.03. The Morgan fingerprint density at radius 2 is 2.15 bits per heavy atom. The molecule has 1 N–H and O–H groups in total. The second-order valence-electron chi connectivity index (χ2n) is 4.14. The van der Waals surface area contributed by atoms with E-state index in [1.165, 1.54) is 18.0 Å². The molecule has 0 atom stereocenters. The van der Waals surface area contributed by atoms with Crippen molar-refractivity contribution in [1.29, 1.82) is 0 Å². The van der Waals surface area contributed by atoms with Gasteiger partial charge in [-0.2, -0.15) is 5.10 Å². The topological polar surface area (TPSA) is 98.7 Å². The fourth-order valence-electron chi connectivity index (χ4n) is 1.79. The van der Waals surface area contributed by atoms with Gasteiger partial charge in [0.15, 0.2) is 10.8 Å². The molecule has 0 amide bonds. The highest BCUT2D eigenvalue weighted by Crippen LogP contribution is 2.34. The second-order valence-corrected chi connectivity index (χ2v) is 5.12. The molecule has 3 heterocycles. The van der Waals surface area contributed by atoms with Crippen LogP contribution in [0.3, 0.4) is 0 Å². The van der Waals surface area contributed by atoms with Crippen molar-refractivity contribution >= 4 is 28.8 Å². The highest BCUT2D eigenvalue weighted by molar-refractivity contribution is 7.99. The molecule has 3 aromatic heterocycles. The molecule has 0 aliphatic carbocycles. The van der Waals surface area contributed by atoms with Crippen LogP contribution < -0.4 is 0 Å². The van der Waals surface area contributed by atoms with Crippen LogP contribution in [0.25, 0.3) is 11.0 Å². The van der Waals surface area contributed by atoms with E-state index in [-0.39, 0.29) is 5.56 Å². The lowest BCUT2D eigenvalue weighted by molar-refractivity contribution is 0.0693. The molecule has 0 saturated heterocycles. The normalized spacial score (nSPS) is 11.1. The molecule has 102 valence electrons. The standard InChI is InChI=1S/C11H10N6O2S/c1-16-5-13-15-11(16)20-8-6-4-14-17(2)9(6)12-3-7(8)10(18)19/h3-5H,1-2H3,(H,18,19). The van der Waals surface area contributed by atoms with Gasteiger partial charge in [0.25, 0.3) is 0 Å². The van der Waals surface area contributed by atoms with Gasteiger partial charge in [0.1, 0.15) is 6.33 Å². The van der Waals surface area contributed by atoms with Crippen molar-refractivity contribution < 1.29 is 9.90 Å². The van der Waals surface area contributed by atoms with E-state index in [1.54, 1.807) is 35.9 Å². The molecule has 3 rings (SSSR count). The Kier molecular flexibility index (Phi) is 2.90. The van der Waals surface area contributed by atoms with Crippen molar-refractivity contribution in [2.75, 3.05) is 0 Å². The monoisotopic (exact) mass is 290 g/mol. The Bertz CT molecular complexity index is 808. The fraction of sp³-hybridized carbons (Fsp3) is 0.182. The van der Waals surface area contributed by atoms with Crippen molar-refractivity contribution in [1.82, 2.24) is 29.5 Å². The summed E-state index contributed by atoms with van der Waals surface area (Å²) in [7, 11) is 3.55. The van der Waals surface area contributed by atoms with Crippen LogP contribution in [0.4, 0.5) is 0 Å². The van der Waals surface area contributed by atoms with E-state index in [4.69, 9.17) is 0 Å². The van der Waals surface area contributed by atoms with E-state index in [2.05, 4.69) is 20.3 Å².